The van der Waals surface area contributed by atoms with E-state index >= 15 is 0 Å². The van der Waals surface area contributed by atoms with Crippen molar-refractivity contribution in [3.05, 3.63) is 0 Å². The minimum absolute atomic E-state index is 0.0560. The minimum atomic E-state index is -1.21. The monoisotopic (exact) mass is 372 g/mol. The van der Waals surface area contributed by atoms with Crippen molar-refractivity contribution in [2.45, 2.75) is 83.1 Å². The summed E-state index contributed by atoms with van der Waals surface area (Å²) in [5.41, 5.74) is 5.45. The summed E-state index contributed by atoms with van der Waals surface area (Å²) in [6.45, 7) is 4.83. The summed E-state index contributed by atoms with van der Waals surface area (Å²) in [7, 11) is 1.59. The smallest absolute Gasteiger partial charge is 0.295 e. The standard InChI is InChI=1S/C19H36N2O5/c1-4-5-6-7-8-9-10-11-19(26-14-22)18(21-16(23)12-20)17(24-3)15(2)13-25-19/h14-15,17-18H,4-13,20H2,1-3H3,(H,21,23)/t15-,17-,18-,19-/m0/s1. The van der Waals surface area contributed by atoms with Gasteiger partial charge in [0.2, 0.25) is 11.7 Å². The summed E-state index contributed by atoms with van der Waals surface area (Å²) >= 11 is 0. The fourth-order valence-corrected chi connectivity index (χ4v) is 3.63. The van der Waals surface area contributed by atoms with Gasteiger partial charge in [-0.05, 0) is 6.42 Å². The molecule has 1 rings (SSSR count). The molecule has 7 heteroatoms. The highest BCUT2D eigenvalue weighted by molar-refractivity contribution is 5.78. The number of carbonyl (C=O) groups is 2. The first-order valence-electron chi connectivity index (χ1n) is 9.82. The molecular formula is C19H36N2O5. The SMILES string of the molecule is CCCCCCCCC[C@@]1(OC=O)OC[C@H](C)[C@H](OC)[C@@H]1NC(=O)CN. The van der Waals surface area contributed by atoms with Crippen molar-refractivity contribution in [3.8, 4) is 0 Å². The van der Waals surface area contributed by atoms with Crippen molar-refractivity contribution in [2.24, 2.45) is 11.7 Å². The third-order valence-electron chi connectivity index (χ3n) is 5.10. The lowest BCUT2D eigenvalue weighted by atomic mass is 9.85. The Kier molecular flexibility index (Phi) is 10.8. The van der Waals surface area contributed by atoms with Crippen LogP contribution >= 0.6 is 0 Å². The van der Waals surface area contributed by atoms with Crippen LogP contribution in [0.3, 0.4) is 0 Å². The van der Waals surface area contributed by atoms with E-state index in [0.717, 1.165) is 19.3 Å². The van der Waals surface area contributed by atoms with Crippen LogP contribution in [0.2, 0.25) is 0 Å². The second kappa shape index (κ2) is 12.3. The molecule has 0 aromatic rings. The normalized spacial score (nSPS) is 28.5. The number of unbranched alkanes of at least 4 members (excludes halogenated alkanes) is 6. The number of hydrogen-bond acceptors (Lipinski definition) is 6. The van der Waals surface area contributed by atoms with E-state index in [2.05, 4.69) is 12.2 Å². The molecule has 1 heterocycles. The van der Waals surface area contributed by atoms with Crippen LogP contribution in [0.15, 0.2) is 0 Å². The summed E-state index contributed by atoms with van der Waals surface area (Å²) in [5, 5.41) is 2.85. The molecule has 4 atom stereocenters. The van der Waals surface area contributed by atoms with Gasteiger partial charge >= 0.3 is 0 Å². The molecule has 1 aliphatic heterocycles. The number of methoxy groups -OCH3 is 1. The maximum Gasteiger partial charge on any atom is 0.295 e. The zero-order chi connectivity index (χ0) is 19.4. The highest BCUT2D eigenvalue weighted by atomic mass is 16.7. The predicted octanol–water partition coefficient (Wildman–Crippen LogP) is 2.12. The van der Waals surface area contributed by atoms with Gasteiger partial charge in [-0.3, -0.25) is 9.59 Å². The molecule has 0 aliphatic carbocycles. The summed E-state index contributed by atoms with van der Waals surface area (Å²) in [6, 6.07) is -0.586. The van der Waals surface area contributed by atoms with Crippen LogP contribution in [0, 0.1) is 5.92 Å². The van der Waals surface area contributed by atoms with Gasteiger partial charge in [0.25, 0.3) is 6.47 Å². The van der Waals surface area contributed by atoms with Crippen LogP contribution in [-0.2, 0) is 23.8 Å². The van der Waals surface area contributed by atoms with E-state index in [4.69, 9.17) is 19.9 Å². The average molecular weight is 373 g/mol. The van der Waals surface area contributed by atoms with Crippen molar-refractivity contribution >= 4 is 12.4 Å². The Hall–Kier alpha value is -1.18. The molecule has 7 nitrogen and oxygen atoms in total. The largest absolute Gasteiger partial charge is 0.433 e. The Bertz CT molecular complexity index is 421. The Labute approximate surface area is 157 Å². The van der Waals surface area contributed by atoms with Crippen LogP contribution in [0.4, 0.5) is 0 Å². The molecule has 1 aliphatic rings. The van der Waals surface area contributed by atoms with E-state index in [9.17, 15) is 9.59 Å². The average Bonchev–Trinajstić information content (AvgIpc) is 2.64. The molecule has 0 saturated carbocycles. The van der Waals surface area contributed by atoms with Crippen LogP contribution in [0.1, 0.15) is 65.2 Å². The molecule has 0 aromatic heterocycles. The van der Waals surface area contributed by atoms with Crippen LogP contribution in [0.25, 0.3) is 0 Å². The van der Waals surface area contributed by atoms with Crippen LogP contribution < -0.4 is 11.1 Å². The number of nitrogens with two attached hydrogens (primary N) is 1. The quantitative estimate of drug-likeness (QED) is 0.379. The molecule has 0 unspecified atom stereocenters. The molecule has 26 heavy (non-hydrogen) atoms. The summed E-state index contributed by atoms with van der Waals surface area (Å²) in [4.78, 5) is 23.1. The lowest BCUT2D eigenvalue weighted by Crippen LogP contribution is -2.67. The van der Waals surface area contributed by atoms with Crippen LogP contribution in [0.5, 0.6) is 0 Å². The van der Waals surface area contributed by atoms with E-state index < -0.39 is 11.8 Å². The van der Waals surface area contributed by atoms with Gasteiger partial charge in [-0.1, -0.05) is 52.4 Å². The number of rotatable bonds is 13. The lowest BCUT2D eigenvalue weighted by Gasteiger charge is -2.48. The molecule has 1 saturated heterocycles. The Balaban J connectivity index is 2.77. The number of amides is 1. The van der Waals surface area contributed by atoms with Gasteiger partial charge in [0.15, 0.2) is 0 Å². The van der Waals surface area contributed by atoms with Gasteiger partial charge in [0, 0.05) is 19.4 Å². The first-order valence-corrected chi connectivity index (χ1v) is 9.82. The van der Waals surface area contributed by atoms with Crippen molar-refractivity contribution in [3.63, 3.8) is 0 Å². The molecule has 152 valence electrons. The highest BCUT2D eigenvalue weighted by Gasteiger charge is 2.52. The van der Waals surface area contributed by atoms with Gasteiger partial charge in [0.05, 0.1) is 19.3 Å². The van der Waals surface area contributed by atoms with Gasteiger partial charge in [-0.2, -0.15) is 0 Å². The van der Waals surface area contributed by atoms with Crippen molar-refractivity contribution in [1.29, 1.82) is 0 Å². The third-order valence-corrected chi connectivity index (χ3v) is 5.10. The van der Waals surface area contributed by atoms with Crippen molar-refractivity contribution in [1.82, 2.24) is 5.32 Å². The summed E-state index contributed by atoms with van der Waals surface area (Å²) < 4.78 is 17.0. The first kappa shape index (κ1) is 22.9. The molecule has 0 aromatic carbocycles. The predicted molar refractivity (Wildman–Crippen MR) is 99.4 cm³/mol. The van der Waals surface area contributed by atoms with Gasteiger partial charge in [-0.25, -0.2) is 0 Å². The van der Waals surface area contributed by atoms with Crippen molar-refractivity contribution in [2.75, 3.05) is 20.3 Å². The van der Waals surface area contributed by atoms with Gasteiger partial charge in [0.1, 0.15) is 6.04 Å². The van der Waals surface area contributed by atoms with E-state index in [0.29, 0.717) is 19.5 Å². The Morgan fingerprint density at radius 3 is 2.50 bits per heavy atom. The number of carbonyl (C=O) groups excluding carboxylic acids is 2. The maximum absolute atomic E-state index is 11.9. The fourth-order valence-electron chi connectivity index (χ4n) is 3.63. The maximum atomic E-state index is 11.9. The molecule has 0 bridgehead atoms. The molecular weight excluding hydrogens is 336 g/mol. The molecule has 0 radical (unpaired) electrons. The highest BCUT2D eigenvalue weighted by Crippen LogP contribution is 2.35. The first-order chi connectivity index (χ1) is 12.5. The molecule has 1 fully saturated rings. The van der Waals surface area contributed by atoms with E-state index in [1.807, 2.05) is 6.92 Å². The van der Waals surface area contributed by atoms with E-state index in [1.54, 1.807) is 7.11 Å². The lowest BCUT2D eigenvalue weighted by molar-refractivity contribution is -0.284. The number of hydrogen-bond donors (Lipinski definition) is 2. The zero-order valence-corrected chi connectivity index (χ0v) is 16.5. The summed E-state index contributed by atoms with van der Waals surface area (Å²) in [6.07, 6.45) is 8.17. The Morgan fingerprint density at radius 1 is 1.27 bits per heavy atom. The molecule has 3 N–H and O–H groups in total. The van der Waals surface area contributed by atoms with Gasteiger partial charge in [-0.15, -0.1) is 0 Å². The van der Waals surface area contributed by atoms with Crippen LogP contribution in [-0.4, -0.2) is 50.6 Å². The number of ether oxygens (including phenoxy) is 3. The molecule has 0 spiro atoms. The fraction of sp³-hybridized carbons (Fsp3) is 0.895. The van der Waals surface area contributed by atoms with Crippen molar-refractivity contribution < 1.29 is 23.8 Å². The third kappa shape index (κ3) is 6.52. The van der Waals surface area contributed by atoms with Gasteiger partial charge < -0.3 is 25.3 Å². The number of nitrogens with one attached hydrogen (secondary N) is 1. The Morgan fingerprint density at radius 2 is 1.92 bits per heavy atom. The topological polar surface area (TPSA) is 99.9 Å². The van der Waals surface area contributed by atoms with E-state index in [-0.39, 0.29) is 24.5 Å². The summed E-state index contributed by atoms with van der Waals surface area (Å²) in [5.74, 6) is -1.47. The zero-order valence-electron chi connectivity index (χ0n) is 16.5. The minimum Gasteiger partial charge on any atom is -0.433 e. The second-order valence-electron chi connectivity index (χ2n) is 7.14. The second-order valence-corrected chi connectivity index (χ2v) is 7.14. The van der Waals surface area contributed by atoms with E-state index in [1.165, 1.54) is 25.7 Å². The molecule has 1 amide bonds.